The molecule has 0 saturated heterocycles. The summed E-state index contributed by atoms with van der Waals surface area (Å²) < 4.78 is 0. The molecule has 0 aromatic rings. The summed E-state index contributed by atoms with van der Waals surface area (Å²) in [7, 11) is 1.25. The van der Waals surface area contributed by atoms with E-state index in [4.69, 9.17) is 5.73 Å². The van der Waals surface area contributed by atoms with Crippen LogP contribution in [0.25, 0.3) is 0 Å². The first-order valence-corrected chi connectivity index (χ1v) is 6.58. The molecule has 3 N–H and O–H groups in total. The van der Waals surface area contributed by atoms with E-state index in [9.17, 15) is 4.79 Å². The molecule has 0 unspecified atom stereocenters. The van der Waals surface area contributed by atoms with Gasteiger partial charge in [-0.15, -0.1) is 11.7 Å². The first-order chi connectivity index (χ1) is 6.31. The van der Waals surface area contributed by atoms with Crippen molar-refractivity contribution >= 4 is 28.4 Å². The summed E-state index contributed by atoms with van der Waals surface area (Å²) in [5.74, 6) is 0.505. The highest BCUT2D eigenvalue weighted by Gasteiger charge is 1.97. The van der Waals surface area contributed by atoms with Gasteiger partial charge in [0.25, 0.3) is 0 Å². The van der Waals surface area contributed by atoms with Gasteiger partial charge in [-0.2, -0.15) is 0 Å². The maximum Gasteiger partial charge on any atom is 0.230 e. The SMILES string of the molecule is NCCCCCCNC(=O)CSS. The molecule has 0 heterocycles. The van der Waals surface area contributed by atoms with Gasteiger partial charge in [0.15, 0.2) is 0 Å². The molecule has 13 heavy (non-hydrogen) atoms. The molecule has 0 aromatic heterocycles. The minimum Gasteiger partial charge on any atom is -0.355 e. The van der Waals surface area contributed by atoms with Crippen LogP contribution in [0, 0.1) is 0 Å². The fraction of sp³-hybridized carbons (Fsp3) is 0.875. The van der Waals surface area contributed by atoms with E-state index in [1.165, 1.54) is 10.8 Å². The smallest absolute Gasteiger partial charge is 0.230 e. The van der Waals surface area contributed by atoms with Gasteiger partial charge in [0.1, 0.15) is 0 Å². The van der Waals surface area contributed by atoms with Crippen molar-refractivity contribution in [2.24, 2.45) is 5.73 Å². The molecule has 0 radical (unpaired) electrons. The van der Waals surface area contributed by atoms with E-state index in [1.807, 2.05) is 0 Å². The van der Waals surface area contributed by atoms with Crippen molar-refractivity contribution in [3.63, 3.8) is 0 Å². The zero-order valence-corrected chi connectivity index (χ0v) is 9.50. The van der Waals surface area contributed by atoms with E-state index in [0.29, 0.717) is 5.75 Å². The fourth-order valence-corrected chi connectivity index (χ4v) is 1.53. The van der Waals surface area contributed by atoms with E-state index in [-0.39, 0.29) is 5.91 Å². The van der Waals surface area contributed by atoms with Crippen molar-refractivity contribution in [1.29, 1.82) is 0 Å². The lowest BCUT2D eigenvalue weighted by Crippen LogP contribution is -2.25. The van der Waals surface area contributed by atoms with Crippen LogP contribution in [-0.4, -0.2) is 24.7 Å². The Hall–Kier alpha value is 0.130. The third-order valence-corrected chi connectivity index (χ3v) is 2.43. The molecule has 0 rings (SSSR count). The van der Waals surface area contributed by atoms with E-state index in [1.54, 1.807) is 0 Å². The summed E-state index contributed by atoms with van der Waals surface area (Å²) in [5.41, 5.74) is 5.35. The average Bonchev–Trinajstić information content (AvgIpc) is 2.11. The zero-order chi connectivity index (χ0) is 9.94. The second-order valence-electron chi connectivity index (χ2n) is 2.83. The standard InChI is InChI=1S/C8H18N2OS2/c9-5-3-1-2-4-6-10-8(11)7-13-12/h12H,1-7,9H2,(H,10,11). The summed E-state index contributed by atoms with van der Waals surface area (Å²) >= 11 is 3.89. The molecule has 0 saturated carbocycles. The van der Waals surface area contributed by atoms with Gasteiger partial charge >= 0.3 is 0 Å². The molecule has 1 amide bonds. The van der Waals surface area contributed by atoms with Crippen LogP contribution in [-0.2, 0) is 4.79 Å². The predicted octanol–water partition coefficient (Wildman–Crippen LogP) is 1.20. The van der Waals surface area contributed by atoms with Crippen molar-refractivity contribution in [2.75, 3.05) is 18.8 Å². The average molecular weight is 222 g/mol. The molecule has 0 atom stereocenters. The summed E-state index contributed by atoms with van der Waals surface area (Å²) in [6.45, 7) is 1.54. The number of nitrogens with two attached hydrogens (primary N) is 1. The van der Waals surface area contributed by atoms with Crippen LogP contribution < -0.4 is 11.1 Å². The largest absolute Gasteiger partial charge is 0.355 e. The lowest BCUT2D eigenvalue weighted by molar-refractivity contribution is -0.118. The van der Waals surface area contributed by atoms with Gasteiger partial charge in [-0.1, -0.05) is 23.6 Å². The fourth-order valence-electron chi connectivity index (χ4n) is 0.960. The lowest BCUT2D eigenvalue weighted by atomic mass is 10.2. The first-order valence-electron chi connectivity index (χ1n) is 4.54. The van der Waals surface area contributed by atoms with Crippen LogP contribution in [0.2, 0.25) is 0 Å². The van der Waals surface area contributed by atoms with Gasteiger partial charge < -0.3 is 11.1 Å². The second kappa shape index (κ2) is 10.2. The van der Waals surface area contributed by atoms with Gasteiger partial charge in [-0.25, -0.2) is 0 Å². The lowest BCUT2D eigenvalue weighted by Gasteiger charge is -2.02. The number of thiol groups is 1. The molecule has 78 valence electrons. The number of hydrogen-bond acceptors (Lipinski definition) is 4. The Bertz CT molecular complexity index is 133. The van der Waals surface area contributed by atoms with Crippen molar-refractivity contribution < 1.29 is 4.79 Å². The maximum atomic E-state index is 10.9. The Morgan fingerprint density at radius 3 is 2.62 bits per heavy atom. The minimum absolute atomic E-state index is 0.0684. The van der Waals surface area contributed by atoms with Crippen LogP contribution in [0.3, 0.4) is 0 Å². The highest BCUT2D eigenvalue weighted by molar-refractivity contribution is 8.68. The van der Waals surface area contributed by atoms with E-state index in [2.05, 4.69) is 17.0 Å². The number of unbranched alkanes of at least 4 members (excludes halogenated alkanes) is 3. The van der Waals surface area contributed by atoms with Crippen molar-refractivity contribution in [3.05, 3.63) is 0 Å². The van der Waals surface area contributed by atoms with Gasteiger partial charge in [0, 0.05) is 6.54 Å². The number of hydrogen-bond donors (Lipinski definition) is 3. The Morgan fingerprint density at radius 1 is 1.31 bits per heavy atom. The molecule has 0 aromatic carbocycles. The molecule has 3 nitrogen and oxygen atoms in total. The van der Waals surface area contributed by atoms with E-state index in [0.717, 1.165) is 38.8 Å². The first kappa shape index (κ1) is 13.1. The Balaban J connectivity index is 3.02. The van der Waals surface area contributed by atoms with Crippen LogP contribution in [0.1, 0.15) is 25.7 Å². The maximum absolute atomic E-state index is 10.9. The predicted molar refractivity (Wildman–Crippen MR) is 62.0 cm³/mol. The van der Waals surface area contributed by atoms with Crippen LogP contribution in [0.15, 0.2) is 0 Å². The number of carbonyl (C=O) groups is 1. The quantitative estimate of drug-likeness (QED) is 0.329. The van der Waals surface area contributed by atoms with Crippen molar-refractivity contribution in [1.82, 2.24) is 5.32 Å². The normalized spacial score (nSPS) is 10.0. The van der Waals surface area contributed by atoms with Gasteiger partial charge in [-0.05, 0) is 19.4 Å². The Kier molecular flexibility index (Phi) is 10.3. The molecule has 0 aliphatic carbocycles. The van der Waals surface area contributed by atoms with Gasteiger partial charge in [0.2, 0.25) is 5.91 Å². The van der Waals surface area contributed by atoms with E-state index >= 15 is 0 Å². The van der Waals surface area contributed by atoms with Crippen molar-refractivity contribution in [2.45, 2.75) is 25.7 Å². The molecular formula is C8H18N2OS2. The Labute approximate surface area is 89.0 Å². The van der Waals surface area contributed by atoms with Crippen LogP contribution in [0.4, 0.5) is 0 Å². The summed E-state index contributed by atoms with van der Waals surface area (Å²) in [6.07, 6.45) is 4.43. The molecular weight excluding hydrogens is 204 g/mol. The number of nitrogens with one attached hydrogen (secondary N) is 1. The summed E-state index contributed by atoms with van der Waals surface area (Å²) in [6, 6.07) is 0. The highest BCUT2D eigenvalue weighted by atomic mass is 33.1. The molecule has 0 aliphatic rings. The minimum atomic E-state index is 0.0684. The topological polar surface area (TPSA) is 55.1 Å². The van der Waals surface area contributed by atoms with E-state index < -0.39 is 0 Å². The highest BCUT2D eigenvalue weighted by Crippen LogP contribution is 2.02. The Morgan fingerprint density at radius 2 is 2.00 bits per heavy atom. The summed E-state index contributed by atoms with van der Waals surface area (Å²) in [5, 5.41) is 2.82. The zero-order valence-electron chi connectivity index (χ0n) is 7.79. The molecule has 0 aliphatic heterocycles. The van der Waals surface area contributed by atoms with Crippen molar-refractivity contribution in [3.8, 4) is 0 Å². The third-order valence-electron chi connectivity index (χ3n) is 1.65. The molecule has 0 spiro atoms. The van der Waals surface area contributed by atoms with Gasteiger partial charge in [0.05, 0.1) is 5.75 Å². The summed E-state index contributed by atoms with van der Waals surface area (Å²) in [4.78, 5) is 10.9. The molecule has 0 fully saturated rings. The molecule has 0 bridgehead atoms. The molecule has 5 heteroatoms. The second-order valence-corrected chi connectivity index (χ2v) is 4.15. The van der Waals surface area contributed by atoms with Crippen LogP contribution in [0.5, 0.6) is 0 Å². The number of carbonyl (C=O) groups excluding carboxylic acids is 1. The third kappa shape index (κ3) is 10.0. The monoisotopic (exact) mass is 222 g/mol. The van der Waals surface area contributed by atoms with Gasteiger partial charge in [-0.3, -0.25) is 4.79 Å². The van der Waals surface area contributed by atoms with Crippen LogP contribution >= 0.6 is 22.5 Å². The number of rotatable bonds is 8. The number of amides is 1.